The molecular formula is C16H14Cl4N2. The van der Waals surface area contributed by atoms with Crippen LogP contribution >= 0.6 is 46.4 Å². The summed E-state index contributed by atoms with van der Waals surface area (Å²) in [6.45, 7) is 3.40. The van der Waals surface area contributed by atoms with Gasteiger partial charge in [-0.3, -0.25) is 0 Å². The first kappa shape index (κ1) is 16.1. The Balaban J connectivity index is 1.75. The molecule has 0 radical (unpaired) electrons. The van der Waals surface area contributed by atoms with Gasteiger partial charge in [-0.15, -0.1) is 0 Å². The highest BCUT2D eigenvalue weighted by atomic mass is 35.5. The van der Waals surface area contributed by atoms with Gasteiger partial charge in [0.25, 0.3) is 0 Å². The zero-order valence-electron chi connectivity index (χ0n) is 11.7. The van der Waals surface area contributed by atoms with E-state index in [0.717, 1.165) is 47.6 Å². The zero-order chi connectivity index (χ0) is 15.7. The number of anilines is 2. The first-order chi connectivity index (χ1) is 10.5. The molecule has 1 heterocycles. The van der Waals surface area contributed by atoms with E-state index < -0.39 is 0 Å². The topological polar surface area (TPSA) is 6.48 Å². The van der Waals surface area contributed by atoms with Gasteiger partial charge in [-0.1, -0.05) is 46.4 Å². The SMILES string of the molecule is Clc1ccc(Cl)c(N2CCN(c3cc(Cl)ccc3Cl)CC2)c1. The van der Waals surface area contributed by atoms with E-state index in [4.69, 9.17) is 46.4 Å². The molecule has 0 atom stereocenters. The lowest BCUT2D eigenvalue weighted by Gasteiger charge is -2.38. The molecular weight excluding hydrogens is 362 g/mol. The molecule has 0 aliphatic carbocycles. The summed E-state index contributed by atoms with van der Waals surface area (Å²) in [6.07, 6.45) is 0. The van der Waals surface area contributed by atoms with Crippen LogP contribution in [0.15, 0.2) is 36.4 Å². The van der Waals surface area contributed by atoms with E-state index in [1.54, 1.807) is 12.1 Å². The first-order valence-corrected chi connectivity index (χ1v) is 8.46. The molecule has 2 nitrogen and oxygen atoms in total. The second kappa shape index (κ2) is 6.76. The summed E-state index contributed by atoms with van der Waals surface area (Å²) in [5, 5.41) is 2.83. The molecule has 1 saturated heterocycles. The third-order valence-electron chi connectivity index (χ3n) is 3.78. The molecule has 0 saturated carbocycles. The van der Waals surface area contributed by atoms with E-state index in [1.807, 2.05) is 24.3 Å². The predicted molar refractivity (Wildman–Crippen MR) is 97.4 cm³/mol. The minimum absolute atomic E-state index is 0.694. The molecule has 22 heavy (non-hydrogen) atoms. The van der Waals surface area contributed by atoms with Crippen LogP contribution < -0.4 is 9.80 Å². The molecule has 0 bridgehead atoms. The van der Waals surface area contributed by atoms with E-state index >= 15 is 0 Å². The lowest BCUT2D eigenvalue weighted by Crippen LogP contribution is -2.46. The van der Waals surface area contributed by atoms with Gasteiger partial charge < -0.3 is 9.80 Å². The summed E-state index contributed by atoms with van der Waals surface area (Å²) in [7, 11) is 0. The highest BCUT2D eigenvalue weighted by Gasteiger charge is 2.21. The summed E-state index contributed by atoms with van der Waals surface area (Å²) in [5.41, 5.74) is 1.96. The Kier molecular flexibility index (Phi) is 4.94. The Morgan fingerprint density at radius 3 is 1.32 bits per heavy atom. The fourth-order valence-corrected chi connectivity index (χ4v) is 3.45. The van der Waals surface area contributed by atoms with Crippen molar-refractivity contribution in [3.8, 4) is 0 Å². The molecule has 2 aromatic carbocycles. The number of hydrogen-bond donors (Lipinski definition) is 0. The molecule has 0 unspecified atom stereocenters. The first-order valence-electron chi connectivity index (χ1n) is 6.94. The molecule has 0 aromatic heterocycles. The van der Waals surface area contributed by atoms with Gasteiger partial charge in [-0.25, -0.2) is 0 Å². The second-order valence-corrected chi connectivity index (χ2v) is 6.85. The van der Waals surface area contributed by atoms with Crippen LogP contribution in [-0.4, -0.2) is 26.2 Å². The average Bonchev–Trinajstić information content (AvgIpc) is 2.52. The Bertz CT molecular complexity index is 622. The van der Waals surface area contributed by atoms with Crippen LogP contribution in [0.1, 0.15) is 0 Å². The summed E-state index contributed by atoms with van der Waals surface area (Å²) >= 11 is 24.7. The maximum Gasteiger partial charge on any atom is 0.0640 e. The Labute approximate surface area is 150 Å². The largest absolute Gasteiger partial charge is 0.367 e. The maximum atomic E-state index is 6.28. The molecule has 1 aliphatic rings. The molecule has 1 aliphatic heterocycles. The third-order valence-corrected chi connectivity index (χ3v) is 4.89. The van der Waals surface area contributed by atoms with Crippen molar-refractivity contribution in [3.63, 3.8) is 0 Å². The predicted octanol–water partition coefficient (Wildman–Crippen LogP) is 5.63. The Hall–Kier alpha value is -0.800. The molecule has 0 N–H and O–H groups in total. The van der Waals surface area contributed by atoms with Gasteiger partial charge in [0, 0.05) is 36.2 Å². The molecule has 2 aromatic rings. The summed E-state index contributed by atoms with van der Waals surface area (Å²) in [4.78, 5) is 4.48. The van der Waals surface area contributed by atoms with Crippen molar-refractivity contribution < 1.29 is 0 Å². The Morgan fingerprint density at radius 2 is 0.955 bits per heavy atom. The maximum absolute atomic E-state index is 6.28. The summed E-state index contributed by atoms with van der Waals surface area (Å²) < 4.78 is 0. The number of hydrogen-bond acceptors (Lipinski definition) is 2. The quantitative estimate of drug-likeness (QED) is 0.671. The molecule has 6 heteroatoms. The van der Waals surface area contributed by atoms with Crippen LogP contribution in [0.25, 0.3) is 0 Å². The van der Waals surface area contributed by atoms with E-state index in [2.05, 4.69) is 9.80 Å². The number of halogens is 4. The van der Waals surface area contributed by atoms with Gasteiger partial charge in [-0.2, -0.15) is 0 Å². The fourth-order valence-electron chi connectivity index (χ4n) is 2.64. The second-order valence-electron chi connectivity index (χ2n) is 5.17. The van der Waals surface area contributed by atoms with Crippen LogP contribution in [0.5, 0.6) is 0 Å². The van der Waals surface area contributed by atoms with Gasteiger partial charge in [0.1, 0.15) is 0 Å². The van der Waals surface area contributed by atoms with E-state index in [0.29, 0.717) is 10.0 Å². The minimum Gasteiger partial charge on any atom is -0.367 e. The van der Waals surface area contributed by atoms with E-state index in [-0.39, 0.29) is 0 Å². The van der Waals surface area contributed by atoms with Crippen molar-refractivity contribution in [1.29, 1.82) is 0 Å². The normalized spacial score (nSPS) is 15.3. The van der Waals surface area contributed by atoms with Crippen LogP contribution in [0, 0.1) is 0 Å². The van der Waals surface area contributed by atoms with E-state index in [1.165, 1.54) is 0 Å². The van der Waals surface area contributed by atoms with Crippen molar-refractivity contribution in [2.75, 3.05) is 36.0 Å². The van der Waals surface area contributed by atoms with Gasteiger partial charge >= 0.3 is 0 Å². The van der Waals surface area contributed by atoms with Gasteiger partial charge in [0.15, 0.2) is 0 Å². The van der Waals surface area contributed by atoms with Gasteiger partial charge in [-0.05, 0) is 36.4 Å². The highest BCUT2D eigenvalue weighted by Crippen LogP contribution is 2.33. The summed E-state index contributed by atoms with van der Waals surface area (Å²) in [5.74, 6) is 0. The standard InChI is InChI=1S/C16H14Cl4N2/c17-11-1-3-13(19)15(9-11)21-5-7-22(8-6-21)16-10-12(18)2-4-14(16)20/h1-4,9-10H,5-8H2. The molecule has 0 spiro atoms. The van der Waals surface area contributed by atoms with E-state index in [9.17, 15) is 0 Å². The van der Waals surface area contributed by atoms with Crippen molar-refractivity contribution in [2.24, 2.45) is 0 Å². The Morgan fingerprint density at radius 1 is 0.591 bits per heavy atom. The van der Waals surface area contributed by atoms with Gasteiger partial charge in [0.2, 0.25) is 0 Å². The van der Waals surface area contributed by atoms with Crippen molar-refractivity contribution >= 4 is 57.8 Å². The zero-order valence-corrected chi connectivity index (χ0v) is 14.7. The van der Waals surface area contributed by atoms with Crippen molar-refractivity contribution in [1.82, 2.24) is 0 Å². The average molecular weight is 376 g/mol. The van der Waals surface area contributed by atoms with Crippen LogP contribution in [-0.2, 0) is 0 Å². The number of piperazine rings is 1. The lowest BCUT2D eigenvalue weighted by atomic mass is 10.2. The molecule has 116 valence electrons. The van der Waals surface area contributed by atoms with Crippen molar-refractivity contribution in [2.45, 2.75) is 0 Å². The third kappa shape index (κ3) is 3.41. The smallest absolute Gasteiger partial charge is 0.0640 e. The van der Waals surface area contributed by atoms with Crippen LogP contribution in [0.2, 0.25) is 20.1 Å². The number of benzene rings is 2. The molecule has 3 rings (SSSR count). The summed E-state index contributed by atoms with van der Waals surface area (Å²) in [6, 6.07) is 11.1. The van der Waals surface area contributed by atoms with Crippen LogP contribution in [0.4, 0.5) is 11.4 Å². The molecule has 0 amide bonds. The fraction of sp³-hybridized carbons (Fsp3) is 0.250. The molecule has 1 fully saturated rings. The number of rotatable bonds is 2. The lowest BCUT2D eigenvalue weighted by molar-refractivity contribution is 0.654. The van der Waals surface area contributed by atoms with Gasteiger partial charge in [0.05, 0.1) is 21.4 Å². The van der Waals surface area contributed by atoms with Crippen molar-refractivity contribution in [3.05, 3.63) is 56.5 Å². The minimum atomic E-state index is 0.694. The van der Waals surface area contributed by atoms with Crippen LogP contribution in [0.3, 0.4) is 0 Å². The highest BCUT2D eigenvalue weighted by molar-refractivity contribution is 6.36. The number of nitrogens with zero attached hydrogens (tertiary/aromatic N) is 2. The monoisotopic (exact) mass is 374 g/mol.